The monoisotopic (exact) mass is 353 g/mol. The lowest BCUT2D eigenvalue weighted by Crippen LogP contribution is -2.34. The summed E-state index contributed by atoms with van der Waals surface area (Å²) in [5.41, 5.74) is 0.419. The van der Waals surface area contributed by atoms with E-state index in [9.17, 15) is 4.79 Å². The Bertz CT molecular complexity index is 940. The molecule has 1 aliphatic rings. The molecule has 0 amide bonds. The third kappa shape index (κ3) is 3.53. The Balaban J connectivity index is 1.48. The number of aromatic amines is 1. The Labute approximate surface area is 151 Å². The van der Waals surface area contributed by atoms with Gasteiger partial charge in [-0.1, -0.05) is 24.2 Å². The fraction of sp³-hybridized carbons (Fsp3) is 0.474. The normalized spacial score (nSPS) is 16.3. The van der Waals surface area contributed by atoms with Crippen LogP contribution in [0.1, 0.15) is 32.0 Å². The molecule has 1 aliphatic heterocycles. The minimum atomic E-state index is -0.200. The molecule has 0 bridgehead atoms. The lowest BCUT2D eigenvalue weighted by Gasteiger charge is -2.31. The number of piperidine rings is 1. The molecule has 1 aromatic carbocycles. The smallest absolute Gasteiger partial charge is 0.293 e. The molecule has 7 nitrogen and oxygen atoms in total. The Kier molecular flexibility index (Phi) is 4.79. The van der Waals surface area contributed by atoms with Gasteiger partial charge in [0.1, 0.15) is 0 Å². The standard InChI is InChI=1S/C19H23N5O2/c1-2-9-24-10-7-13(8-11-24)12-16-21-19(26-23-16)17-20-15-6-4-3-5-14(15)18(25)22-17/h3-6,13H,2,7-12H2,1H3,(H,20,22,25). The van der Waals surface area contributed by atoms with Crippen LogP contribution in [0.25, 0.3) is 22.6 Å². The molecule has 0 unspecified atom stereocenters. The molecule has 0 saturated carbocycles. The van der Waals surface area contributed by atoms with E-state index in [1.54, 1.807) is 12.1 Å². The number of aromatic nitrogens is 4. The molecule has 2 aromatic heterocycles. The van der Waals surface area contributed by atoms with E-state index in [1.807, 2.05) is 12.1 Å². The fourth-order valence-corrected chi connectivity index (χ4v) is 3.61. The van der Waals surface area contributed by atoms with E-state index < -0.39 is 0 Å². The number of H-pyrrole nitrogens is 1. The molecular formula is C19H23N5O2. The first kappa shape index (κ1) is 16.9. The molecular weight excluding hydrogens is 330 g/mol. The van der Waals surface area contributed by atoms with E-state index >= 15 is 0 Å². The molecule has 7 heteroatoms. The third-order valence-corrected chi connectivity index (χ3v) is 5.00. The minimum Gasteiger partial charge on any atom is -0.331 e. The van der Waals surface area contributed by atoms with E-state index in [-0.39, 0.29) is 11.4 Å². The summed E-state index contributed by atoms with van der Waals surface area (Å²) in [7, 11) is 0. The molecule has 4 rings (SSSR count). The summed E-state index contributed by atoms with van der Waals surface area (Å²) in [4.78, 5) is 26.3. The molecule has 0 aliphatic carbocycles. The van der Waals surface area contributed by atoms with Crippen LogP contribution in [0.3, 0.4) is 0 Å². The quantitative estimate of drug-likeness (QED) is 0.759. The second-order valence-electron chi connectivity index (χ2n) is 6.94. The van der Waals surface area contributed by atoms with Crippen LogP contribution in [0, 0.1) is 5.92 Å². The van der Waals surface area contributed by atoms with Gasteiger partial charge in [0.25, 0.3) is 11.4 Å². The summed E-state index contributed by atoms with van der Waals surface area (Å²) in [6, 6.07) is 7.21. The Morgan fingerprint density at radius 2 is 2.04 bits per heavy atom. The van der Waals surface area contributed by atoms with E-state index in [0.29, 0.717) is 28.5 Å². The highest BCUT2D eigenvalue weighted by Crippen LogP contribution is 2.22. The summed E-state index contributed by atoms with van der Waals surface area (Å²) < 4.78 is 5.35. The molecule has 136 valence electrons. The number of rotatable bonds is 5. The van der Waals surface area contributed by atoms with Gasteiger partial charge >= 0.3 is 0 Å². The number of hydrogen-bond donors (Lipinski definition) is 1. The van der Waals surface area contributed by atoms with Gasteiger partial charge in [0.2, 0.25) is 0 Å². The average Bonchev–Trinajstić information content (AvgIpc) is 3.12. The summed E-state index contributed by atoms with van der Waals surface area (Å²) in [6.45, 7) is 5.68. The zero-order valence-corrected chi connectivity index (χ0v) is 14.9. The van der Waals surface area contributed by atoms with E-state index in [2.05, 4.69) is 31.9 Å². The van der Waals surface area contributed by atoms with Crippen molar-refractivity contribution < 1.29 is 4.52 Å². The third-order valence-electron chi connectivity index (χ3n) is 5.00. The number of nitrogens with zero attached hydrogens (tertiary/aromatic N) is 4. The lowest BCUT2D eigenvalue weighted by molar-refractivity contribution is 0.182. The van der Waals surface area contributed by atoms with Crippen molar-refractivity contribution in [1.82, 2.24) is 25.0 Å². The first-order valence-corrected chi connectivity index (χ1v) is 9.27. The molecule has 1 N–H and O–H groups in total. The molecule has 1 fully saturated rings. The molecule has 0 atom stereocenters. The van der Waals surface area contributed by atoms with Crippen LogP contribution in [0.2, 0.25) is 0 Å². The van der Waals surface area contributed by atoms with Crippen LogP contribution in [-0.4, -0.2) is 44.6 Å². The van der Waals surface area contributed by atoms with Crippen LogP contribution in [0.4, 0.5) is 0 Å². The van der Waals surface area contributed by atoms with Crippen LogP contribution in [0.5, 0.6) is 0 Å². The maximum absolute atomic E-state index is 12.2. The lowest BCUT2D eigenvalue weighted by atomic mass is 9.93. The van der Waals surface area contributed by atoms with Gasteiger partial charge in [-0.25, -0.2) is 4.98 Å². The molecule has 26 heavy (non-hydrogen) atoms. The molecule has 1 saturated heterocycles. The zero-order valence-electron chi connectivity index (χ0n) is 14.9. The van der Waals surface area contributed by atoms with Gasteiger partial charge in [0.05, 0.1) is 10.9 Å². The topological polar surface area (TPSA) is 87.9 Å². The summed E-state index contributed by atoms with van der Waals surface area (Å²) in [6.07, 6.45) is 4.33. The molecule has 0 radical (unpaired) electrons. The Morgan fingerprint density at radius 3 is 2.85 bits per heavy atom. The van der Waals surface area contributed by atoms with E-state index in [1.165, 1.54) is 13.0 Å². The highest BCUT2D eigenvalue weighted by molar-refractivity contribution is 5.78. The predicted octanol–water partition coefficient (Wildman–Crippen LogP) is 2.64. The summed E-state index contributed by atoms with van der Waals surface area (Å²) >= 11 is 0. The largest absolute Gasteiger partial charge is 0.331 e. The number of nitrogens with one attached hydrogen (secondary N) is 1. The van der Waals surface area contributed by atoms with Gasteiger partial charge < -0.3 is 14.4 Å². The number of benzene rings is 1. The van der Waals surface area contributed by atoms with Crippen molar-refractivity contribution in [1.29, 1.82) is 0 Å². The second-order valence-corrected chi connectivity index (χ2v) is 6.94. The Morgan fingerprint density at radius 1 is 1.23 bits per heavy atom. The van der Waals surface area contributed by atoms with Crippen molar-refractivity contribution in [2.24, 2.45) is 5.92 Å². The summed E-state index contributed by atoms with van der Waals surface area (Å²) in [5, 5.41) is 4.64. The molecule has 3 aromatic rings. The Hall–Kier alpha value is -2.54. The fourth-order valence-electron chi connectivity index (χ4n) is 3.61. The SMILES string of the molecule is CCCN1CCC(Cc2noc(-c3nc4ccccc4c(=O)[nH]3)n2)CC1. The maximum Gasteiger partial charge on any atom is 0.293 e. The van der Waals surface area contributed by atoms with E-state index in [4.69, 9.17) is 4.52 Å². The van der Waals surface area contributed by atoms with Gasteiger partial charge in [0.15, 0.2) is 11.6 Å². The highest BCUT2D eigenvalue weighted by Gasteiger charge is 2.21. The van der Waals surface area contributed by atoms with Crippen LogP contribution in [0.15, 0.2) is 33.6 Å². The van der Waals surface area contributed by atoms with Crippen molar-refractivity contribution in [2.45, 2.75) is 32.6 Å². The van der Waals surface area contributed by atoms with E-state index in [0.717, 1.165) is 32.4 Å². The number of hydrogen-bond acceptors (Lipinski definition) is 6. The predicted molar refractivity (Wildman–Crippen MR) is 98.8 cm³/mol. The van der Waals surface area contributed by atoms with Crippen molar-refractivity contribution in [3.8, 4) is 11.7 Å². The molecule has 3 heterocycles. The van der Waals surface area contributed by atoms with Gasteiger partial charge in [-0.3, -0.25) is 4.79 Å². The maximum atomic E-state index is 12.2. The summed E-state index contributed by atoms with van der Waals surface area (Å²) in [5.74, 6) is 1.86. The van der Waals surface area contributed by atoms with Gasteiger partial charge in [-0.2, -0.15) is 4.98 Å². The van der Waals surface area contributed by atoms with Crippen LogP contribution >= 0.6 is 0 Å². The number of likely N-dealkylation sites (tertiary alicyclic amines) is 1. The van der Waals surface area contributed by atoms with Crippen molar-refractivity contribution in [3.05, 3.63) is 40.4 Å². The average molecular weight is 353 g/mol. The minimum absolute atomic E-state index is 0.200. The molecule has 0 spiro atoms. The van der Waals surface area contributed by atoms with Crippen molar-refractivity contribution >= 4 is 10.9 Å². The number of para-hydroxylation sites is 1. The van der Waals surface area contributed by atoms with Crippen LogP contribution < -0.4 is 5.56 Å². The van der Waals surface area contributed by atoms with Gasteiger partial charge in [0, 0.05) is 6.42 Å². The first-order chi connectivity index (χ1) is 12.7. The first-order valence-electron chi connectivity index (χ1n) is 9.27. The van der Waals surface area contributed by atoms with Crippen molar-refractivity contribution in [3.63, 3.8) is 0 Å². The van der Waals surface area contributed by atoms with Gasteiger partial charge in [-0.15, -0.1) is 0 Å². The zero-order chi connectivity index (χ0) is 17.9. The van der Waals surface area contributed by atoms with Gasteiger partial charge in [-0.05, 0) is 56.9 Å². The second kappa shape index (κ2) is 7.37. The highest BCUT2D eigenvalue weighted by atomic mass is 16.5. The van der Waals surface area contributed by atoms with Crippen molar-refractivity contribution in [2.75, 3.05) is 19.6 Å². The van der Waals surface area contributed by atoms with Crippen LogP contribution in [-0.2, 0) is 6.42 Å². The number of fused-ring (bicyclic) bond motifs is 1.